The lowest BCUT2D eigenvalue weighted by Crippen LogP contribution is -2.42. The lowest BCUT2D eigenvalue weighted by Gasteiger charge is -2.27. The minimum absolute atomic E-state index is 0.173. The fraction of sp³-hybridized carbons (Fsp3) is 0.389. The van der Waals surface area contributed by atoms with E-state index in [2.05, 4.69) is 10.2 Å². The number of ether oxygens (including phenoxy) is 2. The van der Waals surface area contributed by atoms with E-state index in [4.69, 9.17) is 9.47 Å². The van der Waals surface area contributed by atoms with Gasteiger partial charge in [-0.3, -0.25) is 4.79 Å². The Bertz CT molecular complexity index is 736. The molecule has 7 heteroatoms. The first-order valence-corrected chi connectivity index (χ1v) is 8.04. The van der Waals surface area contributed by atoms with Crippen LogP contribution in [0.4, 0.5) is 4.39 Å². The largest absolute Gasteiger partial charge is 0.491 e. The summed E-state index contributed by atoms with van der Waals surface area (Å²) in [6.07, 6.45) is 0.649. The zero-order chi connectivity index (χ0) is 17.9. The van der Waals surface area contributed by atoms with Gasteiger partial charge >= 0.3 is 0 Å². The highest BCUT2D eigenvalue weighted by atomic mass is 19.1. The van der Waals surface area contributed by atoms with Crippen molar-refractivity contribution < 1.29 is 18.7 Å². The molecule has 2 aromatic rings. The van der Waals surface area contributed by atoms with Gasteiger partial charge in [-0.1, -0.05) is 0 Å². The van der Waals surface area contributed by atoms with Crippen LogP contribution in [0.15, 0.2) is 36.4 Å². The van der Waals surface area contributed by atoms with Gasteiger partial charge in [0.2, 0.25) is 0 Å². The Hall–Kier alpha value is -2.54. The van der Waals surface area contributed by atoms with E-state index >= 15 is 0 Å². The Labute approximate surface area is 145 Å². The number of amides is 1. The van der Waals surface area contributed by atoms with E-state index in [-0.39, 0.29) is 18.3 Å². The van der Waals surface area contributed by atoms with Gasteiger partial charge < -0.3 is 14.4 Å². The first kappa shape index (κ1) is 17.3. The minimum Gasteiger partial charge on any atom is -0.491 e. The summed E-state index contributed by atoms with van der Waals surface area (Å²) in [5.41, 5.74) is 0.483. The highest BCUT2D eigenvalue weighted by molar-refractivity contribution is 5.92. The number of nitrogens with zero attached hydrogens (tertiary/aromatic N) is 3. The van der Waals surface area contributed by atoms with E-state index in [0.29, 0.717) is 31.0 Å². The molecule has 1 aliphatic rings. The molecule has 1 saturated heterocycles. The Morgan fingerprint density at radius 2 is 2.00 bits per heavy atom. The molecule has 25 heavy (non-hydrogen) atoms. The summed E-state index contributed by atoms with van der Waals surface area (Å²) in [7, 11) is 1.60. The van der Waals surface area contributed by atoms with Gasteiger partial charge in [0.15, 0.2) is 5.69 Å². The average molecular weight is 345 g/mol. The lowest BCUT2D eigenvalue weighted by atomic mass is 10.0. The molecule has 1 aliphatic heterocycles. The number of hydrogen-bond acceptors (Lipinski definition) is 5. The van der Waals surface area contributed by atoms with E-state index < -0.39 is 5.60 Å². The second-order valence-electron chi connectivity index (χ2n) is 6.17. The third kappa shape index (κ3) is 3.93. The van der Waals surface area contributed by atoms with Gasteiger partial charge in [-0.2, -0.15) is 5.10 Å². The molecule has 0 bridgehead atoms. The highest BCUT2D eigenvalue weighted by Crippen LogP contribution is 2.27. The molecule has 2 heterocycles. The number of hydrogen-bond donors (Lipinski definition) is 0. The second kappa shape index (κ2) is 7.14. The standard InChI is InChI=1S/C18H20FN3O3/c1-13-3-8-16(21-20-13)17(23)22-10-9-18(11-22,24-2)12-25-15-6-4-14(19)5-7-15/h3-8H,9-12H2,1-2H3/t18-/m1/s1. The highest BCUT2D eigenvalue weighted by Gasteiger charge is 2.41. The minimum atomic E-state index is -0.595. The zero-order valence-corrected chi connectivity index (χ0v) is 14.2. The fourth-order valence-corrected chi connectivity index (χ4v) is 2.78. The third-order valence-corrected chi connectivity index (χ3v) is 4.37. The molecule has 1 amide bonds. The number of aryl methyl sites for hydroxylation is 1. The van der Waals surface area contributed by atoms with E-state index in [1.807, 2.05) is 6.92 Å². The monoisotopic (exact) mass is 345 g/mol. The maximum atomic E-state index is 13.0. The van der Waals surface area contributed by atoms with Crippen LogP contribution in [0, 0.1) is 12.7 Å². The number of aromatic nitrogens is 2. The van der Waals surface area contributed by atoms with E-state index in [9.17, 15) is 9.18 Å². The van der Waals surface area contributed by atoms with Gasteiger partial charge in [0.05, 0.1) is 12.2 Å². The smallest absolute Gasteiger partial charge is 0.274 e. The topological polar surface area (TPSA) is 64.6 Å². The summed E-state index contributed by atoms with van der Waals surface area (Å²) >= 11 is 0. The first-order valence-electron chi connectivity index (χ1n) is 8.04. The number of likely N-dealkylation sites (tertiary alicyclic amines) is 1. The lowest BCUT2D eigenvalue weighted by molar-refractivity contribution is -0.0343. The molecule has 0 radical (unpaired) electrons. The molecule has 0 spiro atoms. The van der Waals surface area contributed by atoms with Crippen LogP contribution in [0.25, 0.3) is 0 Å². The van der Waals surface area contributed by atoms with Gasteiger partial charge in [0, 0.05) is 13.7 Å². The third-order valence-electron chi connectivity index (χ3n) is 4.37. The van der Waals surface area contributed by atoms with Gasteiger partial charge in [0.1, 0.15) is 23.8 Å². The molecule has 0 N–H and O–H groups in total. The molecule has 0 aliphatic carbocycles. The first-order chi connectivity index (χ1) is 12.0. The van der Waals surface area contributed by atoms with Crippen molar-refractivity contribution in [2.75, 3.05) is 26.8 Å². The number of carbonyl (C=O) groups excluding carboxylic acids is 1. The molecule has 1 fully saturated rings. The van der Waals surface area contributed by atoms with Crippen LogP contribution in [0.5, 0.6) is 5.75 Å². The van der Waals surface area contributed by atoms with Crippen LogP contribution in [-0.4, -0.2) is 53.4 Å². The number of carbonyl (C=O) groups is 1. The molecular weight excluding hydrogens is 325 g/mol. The van der Waals surface area contributed by atoms with Crippen LogP contribution in [0.2, 0.25) is 0 Å². The van der Waals surface area contributed by atoms with Crippen molar-refractivity contribution in [3.05, 3.63) is 53.6 Å². The van der Waals surface area contributed by atoms with Crippen LogP contribution in [-0.2, 0) is 4.74 Å². The number of rotatable bonds is 5. The van der Waals surface area contributed by atoms with E-state index in [1.165, 1.54) is 12.1 Å². The summed E-state index contributed by atoms with van der Waals surface area (Å²) < 4.78 is 24.3. The Morgan fingerprint density at radius 1 is 1.24 bits per heavy atom. The fourth-order valence-electron chi connectivity index (χ4n) is 2.78. The van der Waals surface area contributed by atoms with Gasteiger partial charge in [-0.05, 0) is 49.7 Å². The van der Waals surface area contributed by atoms with Gasteiger partial charge in [-0.15, -0.1) is 5.10 Å². The molecule has 3 rings (SSSR count). The Morgan fingerprint density at radius 3 is 2.64 bits per heavy atom. The summed E-state index contributed by atoms with van der Waals surface area (Å²) in [5, 5.41) is 7.88. The van der Waals surface area contributed by atoms with Crippen molar-refractivity contribution in [2.45, 2.75) is 18.9 Å². The van der Waals surface area contributed by atoms with E-state index in [1.54, 1.807) is 36.3 Å². The van der Waals surface area contributed by atoms with Crippen molar-refractivity contribution in [3.8, 4) is 5.75 Å². The summed E-state index contributed by atoms with van der Waals surface area (Å²) in [6.45, 7) is 3.05. The molecule has 1 atom stereocenters. The van der Waals surface area contributed by atoms with E-state index in [0.717, 1.165) is 5.69 Å². The number of methoxy groups -OCH3 is 1. The molecule has 132 valence electrons. The average Bonchev–Trinajstić information content (AvgIpc) is 3.06. The summed E-state index contributed by atoms with van der Waals surface area (Å²) in [6, 6.07) is 9.26. The van der Waals surface area contributed by atoms with Crippen molar-refractivity contribution in [3.63, 3.8) is 0 Å². The second-order valence-corrected chi connectivity index (χ2v) is 6.17. The molecule has 1 aromatic carbocycles. The maximum Gasteiger partial charge on any atom is 0.274 e. The summed E-state index contributed by atoms with van der Waals surface area (Å²) in [5.74, 6) is 0.0749. The molecule has 0 unspecified atom stereocenters. The van der Waals surface area contributed by atoms with Gasteiger partial charge in [0.25, 0.3) is 5.91 Å². The van der Waals surface area contributed by atoms with Crippen LogP contribution in [0.1, 0.15) is 22.6 Å². The Balaban J connectivity index is 1.64. The van der Waals surface area contributed by atoms with Gasteiger partial charge in [-0.25, -0.2) is 4.39 Å². The summed E-state index contributed by atoms with van der Waals surface area (Å²) in [4.78, 5) is 14.3. The van der Waals surface area contributed by atoms with Crippen molar-refractivity contribution >= 4 is 5.91 Å². The van der Waals surface area contributed by atoms with Crippen LogP contribution in [0.3, 0.4) is 0 Å². The molecule has 1 aromatic heterocycles. The molecule has 0 saturated carbocycles. The quantitative estimate of drug-likeness (QED) is 0.831. The normalized spacial score (nSPS) is 19.9. The maximum absolute atomic E-state index is 13.0. The number of benzene rings is 1. The molecule has 6 nitrogen and oxygen atoms in total. The predicted molar refractivity (Wildman–Crippen MR) is 88.9 cm³/mol. The zero-order valence-electron chi connectivity index (χ0n) is 14.2. The van der Waals surface area contributed by atoms with Crippen molar-refractivity contribution in [1.82, 2.24) is 15.1 Å². The Kier molecular flexibility index (Phi) is 4.94. The van der Waals surface area contributed by atoms with Crippen molar-refractivity contribution in [2.24, 2.45) is 0 Å². The SMILES string of the molecule is CO[C@]1(COc2ccc(F)cc2)CCN(C(=O)c2ccc(C)nn2)C1. The molecular formula is C18H20FN3O3. The number of halogens is 1. The van der Waals surface area contributed by atoms with Crippen molar-refractivity contribution in [1.29, 1.82) is 0 Å². The predicted octanol–water partition coefficient (Wildman–Crippen LogP) is 2.23. The van der Waals surface area contributed by atoms with Crippen LogP contribution < -0.4 is 4.74 Å². The van der Waals surface area contributed by atoms with Crippen LogP contribution >= 0.6 is 0 Å².